The zero-order chi connectivity index (χ0) is 14.4. The number of pyridine rings is 1. The van der Waals surface area contributed by atoms with Crippen LogP contribution in [0.15, 0.2) is 17.1 Å². The number of carbonyl (C=O) groups excluding carboxylic acids is 1. The summed E-state index contributed by atoms with van der Waals surface area (Å²) in [4.78, 5) is 29.3. The Morgan fingerprint density at radius 1 is 1.33 bits per heavy atom. The number of hydrogen-bond donors (Lipinski definition) is 1. The minimum Gasteiger partial charge on any atom is -0.327 e. The minimum absolute atomic E-state index is 0.117. The smallest absolute Gasteiger partial charge is 0.272 e. The summed E-state index contributed by atoms with van der Waals surface area (Å²) >= 11 is 0. The molecule has 2 bridgehead atoms. The van der Waals surface area contributed by atoms with Gasteiger partial charge in [0.05, 0.1) is 0 Å². The molecule has 0 radical (unpaired) electrons. The molecule has 3 aliphatic rings. The van der Waals surface area contributed by atoms with Gasteiger partial charge in [0.2, 0.25) is 5.91 Å². The van der Waals surface area contributed by atoms with E-state index in [4.69, 9.17) is 0 Å². The number of nitrogens with zero attached hydrogens (tertiary/aromatic N) is 1. The zero-order valence-electron chi connectivity index (χ0n) is 12.3. The standard InChI is InChI=1S/C17H22N2O2/c20-15(10-14-9-11-3-4-13(14)8-11)19-7-1-2-12-5-6-18-17(21)16(12)19/h5-6,11,13-14H,1-4,7-10H2,(H,18,21). The first-order valence-electron chi connectivity index (χ1n) is 8.23. The average Bonchev–Trinajstić information content (AvgIpc) is 3.09. The number of amides is 1. The number of H-pyrrole nitrogens is 1. The van der Waals surface area contributed by atoms with Crippen molar-refractivity contribution in [3.8, 4) is 0 Å². The second-order valence-electron chi connectivity index (χ2n) is 6.97. The highest BCUT2D eigenvalue weighted by Crippen LogP contribution is 2.49. The van der Waals surface area contributed by atoms with Crippen molar-refractivity contribution in [3.05, 3.63) is 28.2 Å². The van der Waals surface area contributed by atoms with Crippen molar-refractivity contribution in [1.82, 2.24) is 4.98 Å². The van der Waals surface area contributed by atoms with Gasteiger partial charge in [-0.05, 0) is 61.5 Å². The van der Waals surface area contributed by atoms with Gasteiger partial charge in [-0.3, -0.25) is 9.59 Å². The molecule has 2 fully saturated rings. The minimum atomic E-state index is -0.117. The van der Waals surface area contributed by atoms with Crippen LogP contribution in [0.4, 0.5) is 5.69 Å². The fraction of sp³-hybridized carbons (Fsp3) is 0.647. The van der Waals surface area contributed by atoms with Crippen LogP contribution in [0.5, 0.6) is 0 Å². The second-order valence-corrected chi connectivity index (χ2v) is 6.97. The Balaban J connectivity index is 1.55. The SMILES string of the molecule is O=C(CC1CC2CCC1C2)N1CCCc2cc[nH]c(=O)c21. The summed E-state index contributed by atoms with van der Waals surface area (Å²) in [6, 6.07) is 1.94. The van der Waals surface area contributed by atoms with Crippen LogP contribution in [0.2, 0.25) is 0 Å². The van der Waals surface area contributed by atoms with Crippen LogP contribution in [0.3, 0.4) is 0 Å². The maximum absolute atomic E-state index is 12.7. The Bertz CT molecular complexity index is 621. The normalized spacial score (nSPS) is 30.5. The van der Waals surface area contributed by atoms with Gasteiger partial charge >= 0.3 is 0 Å². The molecule has 4 rings (SSSR count). The number of carbonyl (C=O) groups is 1. The van der Waals surface area contributed by atoms with E-state index in [0.29, 0.717) is 24.6 Å². The lowest BCUT2D eigenvalue weighted by atomic mass is 9.86. The summed E-state index contributed by atoms with van der Waals surface area (Å²) < 4.78 is 0. The van der Waals surface area contributed by atoms with E-state index in [-0.39, 0.29) is 11.5 Å². The van der Waals surface area contributed by atoms with Crippen LogP contribution in [-0.2, 0) is 11.2 Å². The third-order valence-corrected chi connectivity index (χ3v) is 5.74. The first kappa shape index (κ1) is 13.1. The number of anilines is 1. The molecule has 0 saturated heterocycles. The molecule has 2 aliphatic carbocycles. The highest BCUT2D eigenvalue weighted by Gasteiger charge is 2.41. The van der Waals surface area contributed by atoms with Gasteiger partial charge in [-0.1, -0.05) is 6.42 Å². The Labute approximate surface area is 124 Å². The first-order valence-corrected chi connectivity index (χ1v) is 8.23. The van der Waals surface area contributed by atoms with Crippen molar-refractivity contribution in [2.24, 2.45) is 17.8 Å². The van der Waals surface area contributed by atoms with E-state index in [9.17, 15) is 9.59 Å². The summed E-state index contributed by atoms with van der Waals surface area (Å²) in [6.45, 7) is 0.694. The Kier molecular flexibility index (Phi) is 3.12. The molecule has 112 valence electrons. The molecule has 3 unspecified atom stereocenters. The van der Waals surface area contributed by atoms with Gasteiger partial charge in [0.1, 0.15) is 5.69 Å². The lowest BCUT2D eigenvalue weighted by molar-refractivity contribution is -0.120. The van der Waals surface area contributed by atoms with Crippen molar-refractivity contribution in [3.63, 3.8) is 0 Å². The van der Waals surface area contributed by atoms with Crippen molar-refractivity contribution in [2.45, 2.75) is 44.9 Å². The maximum atomic E-state index is 12.7. The van der Waals surface area contributed by atoms with Crippen LogP contribution in [-0.4, -0.2) is 17.4 Å². The summed E-state index contributed by atoms with van der Waals surface area (Å²) in [7, 11) is 0. The Morgan fingerprint density at radius 2 is 2.24 bits per heavy atom. The van der Waals surface area contributed by atoms with Gasteiger partial charge in [-0.15, -0.1) is 0 Å². The summed E-state index contributed by atoms with van der Waals surface area (Å²) in [5, 5.41) is 0. The highest BCUT2D eigenvalue weighted by molar-refractivity contribution is 5.94. The quantitative estimate of drug-likeness (QED) is 0.908. The topological polar surface area (TPSA) is 53.2 Å². The molecule has 0 aromatic carbocycles. The van der Waals surface area contributed by atoms with E-state index in [1.807, 2.05) is 6.07 Å². The number of rotatable bonds is 2. The molecule has 2 saturated carbocycles. The van der Waals surface area contributed by atoms with Crippen LogP contribution in [0.25, 0.3) is 0 Å². The molecule has 1 aromatic rings. The molecule has 2 heterocycles. The number of hydrogen-bond acceptors (Lipinski definition) is 2. The van der Waals surface area contributed by atoms with Gasteiger partial charge in [-0.25, -0.2) is 0 Å². The van der Waals surface area contributed by atoms with Gasteiger partial charge < -0.3 is 9.88 Å². The predicted octanol–water partition coefficient (Wildman–Crippen LogP) is 2.48. The fourth-order valence-electron chi connectivity index (χ4n) is 4.76. The molecule has 1 N–H and O–H groups in total. The van der Waals surface area contributed by atoms with Crippen LogP contribution in [0.1, 0.15) is 44.1 Å². The molecule has 21 heavy (non-hydrogen) atoms. The number of fused-ring (bicyclic) bond motifs is 3. The van der Waals surface area contributed by atoms with E-state index >= 15 is 0 Å². The van der Waals surface area contributed by atoms with E-state index in [0.717, 1.165) is 30.2 Å². The number of aryl methyl sites for hydroxylation is 1. The van der Waals surface area contributed by atoms with E-state index in [1.54, 1.807) is 11.1 Å². The molecule has 1 aliphatic heterocycles. The van der Waals surface area contributed by atoms with E-state index in [2.05, 4.69) is 4.98 Å². The Morgan fingerprint density at radius 3 is 3.00 bits per heavy atom. The van der Waals surface area contributed by atoms with Crippen molar-refractivity contribution >= 4 is 11.6 Å². The summed E-state index contributed by atoms with van der Waals surface area (Å²) in [5.41, 5.74) is 1.51. The third kappa shape index (κ3) is 2.21. The third-order valence-electron chi connectivity index (χ3n) is 5.74. The number of nitrogens with one attached hydrogen (secondary N) is 1. The fourth-order valence-corrected chi connectivity index (χ4v) is 4.76. The zero-order valence-corrected chi connectivity index (χ0v) is 12.3. The lowest BCUT2D eigenvalue weighted by Crippen LogP contribution is -2.40. The second kappa shape index (κ2) is 5.00. The van der Waals surface area contributed by atoms with Crippen LogP contribution in [0, 0.1) is 17.8 Å². The molecular weight excluding hydrogens is 264 g/mol. The predicted molar refractivity (Wildman–Crippen MR) is 81.3 cm³/mol. The monoisotopic (exact) mass is 286 g/mol. The average molecular weight is 286 g/mol. The summed E-state index contributed by atoms with van der Waals surface area (Å²) in [5.74, 6) is 2.34. The largest absolute Gasteiger partial charge is 0.327 e. The van der Waals surface area contributed by atoms with Crippen molar-refractivity contribution in [1.29, 1.82) is 0 Å². The molecule has 3 atom stereocenters. The summed E-state index contributed by atoms with van der Waals surface area (Å²) in [6.07, 6.45) is 9.40. The van der Waals surface area contributed by atoms with Gasteiger partial charge in [-0.2, -0.15) is 0 Å². The van der Waals surface area contributed by atoms with E-state index < -0.39 is 0 Å². The molecule has 0 spiro atoms. The van der Waals surface area contributed by atoms with Crippen molar-refractivity contribution < 1.29 is 4.79 Å². The molecule has 1 amide bonds. The molecule has 4 heteroatoms. The molecule has 4 nitrogen and oxygen atoms in total. The van der Waals surface area contributed by atoms with Gasteiger partial charge in [0.15, 0.2) is 0 Å². The van der Waals surface area contributed by atoms with Crippen LogP contribution >= 0.6 is 0 Å². The van der Waals surface area contributed by atoms with Gasteiger partial charge in [0, 0.05) is 19.2 Å². The highest BCUT2D eigenvalue weighted by atomic mass is 16.2. The molecular formula is C17H22N2O2. The van der Waals surface area contributed by atoms with Crippen molar-refractivity contribution in [2.75, 3.05) is 11.4 Å². The first-order chi connectivity index (χ1) is 10.2. The van der Waals surface area contributed by atoms with Gasteiger partial charge in [0.25, 0.3) is 5.56 Å². The van der Waals surface area contributed by atoms with Crippen LogP contribution < -0.4 is 10.5 Å². The number of aromatic nitrogens is 1. The maximum Gasteiger partial charge on any atom is 0.272 e. The molecule has 1 aromatic heterocycles. The lowest BCUT2D eigenvalue weighted by Gasteiger charge is -2.30. The Hall–Kier alpha value is -1.58. The van der Waals surface area contributed by atoms with E-state index in [1.165, 1.54) is 25.7 Å². The number of aromatic amines is 1.